The lowest BCUT2D eigenvalue weighted by atomic mass is 10.0. The zero-order valence-corrected chi connectivity index (χ0v) is 6.99. The number of carboxylic acid groups (broad SMARTS) is 2. The van der Waals surface area contributed by atoms with Crippen molar-refractivity contribution in [3.63, 3.8) is 0 Å². The average molecular weight is 188 g/mol. The molecule has 0 fully saturated rings. The molecule has 0 saturated heterocycles. The number of carbonyl (C=O) groups is 2. The van der Waals surface area contributed by atoms with Crippen LogP contribution in [0.1, 0.15) is 0 Å². The Labute approximate surface area is 74.6 Å². The van der Waals surface area contributed by atoms with Crippen LogP contribution in [0.3, 0.4) is 0 Å². The summed E-state index contributed by atoms with van der Waals surface area (Å²) in [5.41, 5.74) is 0.0540. The number of carboxylic acids is 2. The molecule has 0 amide bonds. The number of rotatable bonds is 4. The highest BCUT2D eigenvalue weighted by molar-refractivity contribution is 7.83. The van der Waals surface area contributed by atoms with Gasteiger partial charge in [0.25, 0.3) is 0 Å². The fourth-order valence-electron chi connectivity index (χ4n) is 0.636. The van der Waals surface area contributed by atoms with E-state index in [1.165, 1.54) is 0 Å². The molecule has 0 radical (unpaired) electrons. The van der Waals surface area contributed by atoms with Crippen LogP contribution in [0, 0.1) is 5.92 Å². The summed E-state index contributed by atoms with van der Waals surface area (Å²) < 4.78 is 0. The van der Waals surface area contributed by atoms with Gasteiger partial charge in [-0.15, -0.1) is 0 Å². The molecule has 0 aromatic heterocycles. The quantitative estimate of drug-likeness (QED) is 0.346. The van der Waals surface area contributed by atoms with Crippen LogP contribution < -0.4 is 0 Å². The van der Waals surface area contributed by atoms with Crippen LogP contribution in [0.25, 0.3) is 0 Å². The lowest BCUT2D eigenvalue weighted by Gasteiger charge is -2.06. The van der Waals surface area contributed by atoms with Gasteiger partial charge in [0.1, 0.15) is 0 Å². The lowest BCUT2D eigenvalue weighted by Crippen LogP contribution is -2.24. The molecule has 0 aromatic carbocycles. The van der Waals surface area contributed by atoms with Gasteiger partial charge in [0.05, 0.1) is 0 Å². The van der Waals surface area contributed by atoms with Gasteiger partial charge in [0.2, 0.25) is 0 Å². The summed E-state index contributed by atoms with van der Waals surface area (Å²) in [6.07, 6.45) is 1.15. The lowest BCUT2D eigenvalue weighted by molar-refractivity contribution is -0.152. The van der Waals surface area contributed by atoms with Crippen LogP contribution in [-0.2, 0) is 9.59 Å². The molecule has 0 rings (SSSR count). The molecule has 66 valence electrons. The van der Waals surface area contributed by atoms with E-state index in [0.717, 1.165) is 11.5 Å². The van der Waals surface area contributed by atoms with Gasteiger partial charge >= 0.3 is 11.9 Å². The van der Waals surface area contributed by atoms with Crippen molar-refractivity contribution in [1.29, 1.82) is 0 Å². The third-order valence-electron chi connectivity index (χ3n) is 1.21. The number of hydrogen-bond donors (Lipinski definition) is 3. The molecule has 0 aliphatic heterocycles. The Kier molecular flexibility index (Phi) is 4.14. The van der Waals surface area contributed by atoms with Crippen LogP contribution in [0.15, 0.2) is 23.6 Å². The van der Waals surface area contributed by atoms with Gasteiger partial charge in [-0.05, 0) is 11.0 Å². The van der Waals surface area contributed by atoms with Crippen LogP contribution in [0.2, 0.25) is 0 Å². The summed E-state index contributed by atoms with van der Waals surface area (Å²) in [6.45, 7) is 3.27. The predicted octanol–water partition coefficient (Wildman–Crippen LogP) is 0.771. The Hall–Kier alpha value is -1.23. The molecule has 5 heteroatoms. The van der Waals surface area contributed by atoms with E-state index in [-0.39, 0.29) is 5.57 Å². The second-order valence-corrected chi connectivity index (χ2v) is 2.20. The summed E-state index contributed by atoms with van der Waals surface area (Å²) in [5, 5.41) is 18.1. The van der Waals surface area contributed by atoms with E-state index in [4.69, 9.17) is 10.2 Å². The standard InChI is InChI=1S/C7H8O4S/c1-2-4(3-12)5(6(8)9)7(10)11/h2-3,5,12H,1H2,(H,8,9)(H,10,11)/b4-3+. The van der Waals surface area contributed by atoms with Crippen molar-refractivity contribution < 1.29 is 19.8 Å². The minimum absolute atomic E-state index is 0.0540. The fourth-order valence-corrected chi connectivity index (χ4v) is 0.890. The normalized spacial score (nSPS) is 11.3. The molecular weight excluding hydrogens is 180 g/mol. The third kappa shape index (κ3) is 2.43. The molecule has 0 aliphatic rings. The zero-order valence-electron chi connectivity index (χ0n) is 6.10. The van der Waals surface area contributed by atoms with Gasteiger partial charge in [0.15, 0.2) is 5.92 Å². The van der Waals surface area contributed by atoms with Crippen LogP contribution in [0.4, 0.5) is 0 Å². The van der Waals surface area contributed by atoms with Crippen molar-refractivity contribution in [2.75, 3.05) is 0 Å². The molecule has 0 bridgehead atoms. The van der Waals surface area contributed by atoms with Crippen molar-refractivity contribution in [3.8, 4) is 0 Å². The number of hydrogen-bond acceptors (Lipinski definition) is 3. The molecular formula is C7H8O4S. The van der Waals surface area contributed by atoms with E-state index >= 15 is 0 Å². The summed E-state index contributed by atoms with van der Waals surface area (Å²) in [5.74, 6) is -4.44. The van der Waals surface area contributed by atoms with E-state index in [1.807, 2.05) is 0 Å². The first-order valence-corrected chi connectivity index (χ1v) is 3.48. The van der Waals surface area contributed by atoms with Crippen molar-refractivity contribution in [2.45, 2.75) is 0 Å². The molecule has 0 heterocycles. The fraction of sp³-hybridized carbons (Fsp3) is 0.143. The van der Waals surface area contributed by atoms with E-state index in [9.17, 15) is 9.59 Å². The smallest absolute Gasteiger partial charge is 0.322 e. The number of allylic oxidation sites excluding steroid dienone is 1. The second-order valence-electron chi connectivity index (χ2n) is 1.94. The number of thiol groups is 1. The van der Waals surface area contributed by atoms with Gasteiger partial charge in [-0.2, -0.15) is 12.6 Å². The second kappa shape index (κ2) is 4.61. The zero-order chi connectivity index (χ0) is 9.72. The topological polar surface area (TPSA) is 74.6 Å². The number of aliphatic carboxylic acids is 2. The summed E-state index contributed by atoms with van der Waals surface area (Å²) in [4.78, 5) is 20.8. The summed E-state index contributed by atoms with van der Waals surface area (Å²) in [7, 11) is 0. The monoisotopic (exact) mass is 188 g/mol. The van der Waals surface area contributed by atoms with E-state index in [1.54, 1.807) is 0 Å². The molecule has 2 N–H and O–H groups in total. The molecule has 0 spiro atoms. The van der Waals surface area contributed by atoms with E-state index in [2.05, 4.69) is 19.2 Å². The van der Waals surface area contributed by atoms with Crippen molar-refractivity contribution in [1.82, 2.24) is 0 Å². The first kappa shape index (κ1) is 10.8. The third-order valence-corrected chi connectivity index (χ3v) is 1.51. The van der Waals surface area contributed by atoms with Crippen molar-refractivity contribution >= 4 is 24.6 Å². The summed E-state index contributed by atoms with van der Waals surface area (Å²) >= 11 is 3.66. The first-order chi connectivity index (χ1) is 5.54. The average Bonchev–Trinajstić information content (AvgIpc) is 1.98. The van der Waals surface area contributed by atoms with E-state index < -0.39 is 17.9 Å². The largest absolute Gasteiger partial charge is 0.480 e. The van der Waals surface area contributed by atoms with Gasteiger partial charge < -0.3 is 10.2 Å². The molecule has 0 atom stereocenters. The Bertz CT molecular complexity index is 230. The highest BCUT2D eigenvalue weighted by Crippen LogP contribution is 2.13. The Morgan fingerprint density at radius 1 is 1.33 bits per heavy atom. The van der Waals surface area contributed by atoms with Gasteiger partial charge in [-0.3, -0.25) is 9.59 Å². The molecule has 0 saturated carbocycles. The van der Waals surface area contributed by atoms with Crippen LogP contribution in [-0.4, -0.2) is 22.2 Å². The Balaban J connectivity index is 4.85. The van der Waals surface area contributed by atoms with Crippen molar-refractivity contribution in [2.24, 2.45) is 5.92 Å². The predicted molar refractivity (Wildman–Crippen MR) is 46.0 cm³/mol. The Morgan fingerprint density at radius 2 is 1.75 bits per heavy atom. The molecule has 0 aliphatic carbocycles. The Morgan fingerprint density at radius 3 is 1.83 bits per heavy atom. The van der Waals surface area contributed by atoms with Crippen LogP contribution >= 0.6 is 12.6 Å². The highest BCUT2D eigenvalue weighted by atomic mass is 32.1. The molecule has 4 nitrogen and oxygen atoms in total. The maximum absolute atomic E-state index is 10.4. The molecule has 0 aromatic rings. The van der Waals surface area contributed by atoms with E-state index in [0.29, 0.717) is 0 Å². The van der Waals surface area contributed by atoms with Crippen LogP contribution in [0.5, 0.6) is 0 Å². The maximum atomic E-state index is 10.4. The van der Waals surface area contributed by atoms with Gasteiger partial charge in [0, 0.05) is 0 Å². The molecule has 12 heavy (non-hydrogen) atoms. The maximum Gasteiger partial charge on any atom is 0.322 e. The SMILES string of the molecule is C=C/C(=C\S)C(C(=O)O)C(=O)O. The minimum atomic E-state index is -1.58. The summed E-state index contributed by atoms with van der Waals surface area (Å²) in [6, 6.07) is 0. The first-order valence-electron chi connectivity index (χ1n) is 2.97. The van der Waals surface area contributed by atoms with Gasteiger partial charge in [-0.25, -0.2) is 0 Å². The molecule has 0 unspecified atom stereocenters. The minimum Gasteiger partial charge on any atom is -0.480 e. The van der Waals surface area contributed by atoms with Crippen molar-refractivity contribution in [3.05, 3.63) is 23.6 Å². The highest BCUT2D eigenvalue weighted by Gasteiger charge is 2.27. The van der Waals surface area contributed by atoms with Gasteiger partial charge in [-0.1, -0.05) is 12.7 Å².